The molecule has 1 heterocycles. The highest BCUT2D eigenvalue weighted by molar-refractivity contribution is 5.86. The second kappa shape index (κ2) is 5.39. The number of ether oxygens (including phenoxy) is 2. The summed E-state index contributed by atoms with van der Waals surface area (Å²) in [5.74, 6) is -0.514. The molecule has 0 bridgehead atoms. The molecule has 1 aliphatic rings. The zero-order valence-corrected chi connectivity index (χ0v) is 10.5. The summed E-state index contributed by atoms with van der Waals surface area (Å²) in [5.41, 5.74) is 5.96. The molecule has 0 atom stereocenters. The van der Waals surface area contributed by atoms with Crippen LogP contribution in [0.4, 0.5) is 0 Å². The van der Waals surface area contributed by atoms with Crippen molar-refractivity contribution in [3.8, 4) is 6.08 Å². The van der Waals surface area contributed by atoms with Gasteiger partial charge < -0.3 is 19.6 Å². The molecule has 0 unspecified atom stereocenters. The van der Waals surface area contributed by atoms with Crippen molar-refractivity contribution in [2.24, 2.45) is 5.73 Å². The lowest BCUT2D eigenvalue weighted by atomic mass is 10.0. The summed E-state index contributed by atoms with van der Waals surface area (Å²) in [5, 5.41) is 0. The van der Waals surface area contributed by atoms with Gasteiger partial charge in [0, 0.05) is 0 Å². The van der Waals surface area contributed by atoms with E-state index in [0.29, 0.717) is 13.2 Å². The van der Waals surface area contributed by atoms with E-state index in [4.69, 9.17) is 19.6 Å². The fourth-order valence-corrected chi connectivity index (χ4v) is 2.05. The molecule has 1 aromatic heterocycles. The smallest absolute Gasteiger partial charge is 0.394 e. The van der Waals surface area contributed by atoms with Crippen molar-refractivity contribution in [3.63, 3.8) is 0 Å². The van der Waals surface area contributed by atoms with Crippen molar-refractivity contribution in [1.82, 2.24) is 4.98 Å². The average Bonchev–Trinajstić information content (AvgIpc) is 2.96. The third-order valence-electron chi connectivity index (χ3n) is 3.05. The number of hydrogen-bond acceptors (Lipinski definition) is 6. The Hall–Kier alpha value is -1.56. The normalized spacial score (nSPS) is 17.7. The number of nitrogens with zero attached hydrogens (tertiary/aromatic N) is 1. The topological polar surface area (TPSA) is 87.6 Å². The second-order valence-electron chi connectivity index (χ2n) is 4.58. The van der Waals surface area contributed by atoms with Crippen molar-refractivity contribution in [2.45, 2.75) is 38.1 Å². The molecule has 100 valence electrons. The predicted molar refractivity (Wildman–Crippen MR) is 63.3 cm³/mol. The van der Waals surface area contributed by atoms with Gasteiger partial charge in [0.05, 0.1) is 12.1 Å². The first-order valence-electron chi connectivity index (χ1n) is 6.17. The number of rotatable bonds is 5. The van der Waals surface area contributed by atoms with Crippen molar-refractivity contribution < 1.29 is 18.7 Å². The van der Waals surface area contributed by atoms with Gasteiger partial charge in [-0.3, -0.25) is 0 Å². The molecule has 0 radical (unpaired) electrons. The molecule has 18 heavy (non-hydrogen) atoms. The minimum atomic E-state index is -0.514. The monoisotopic (exact) mass is 254 g/mol. The van der Waals surface area contributed by atoms with Gasteiger partial charge in [-0.05, 0) is 19.8 Å². The molecule has 6 nitrogen and oxygen atoms in total. The number of hydrogen-bond donors (Lipinski definition) is 1. The Labute approximate surface area is 105 Å². The van der Waals surface area contributed by atoms with E-state index in [1.54, 1.807) is 6.92 Å². The van der Waals surface area contributed by atoms with Gasteiger partial charge in [-0.2, -0.15) is 4.98 Å². The minimum Gasteiger partial charge on any atom is -0.461 e. The first-order valence-corrected chi connectivity index (χ1v) is 6.17. The number of nitrogens with two attached hydrogens (primary N) is 1. The number of carbonyl (C=O) groups is 1. The standard InChI is InChI=1S/C12H18N2O4/c1-2-16-10(15)9-7-17-11(14-9)18-8-12(13)5-3-4-6-12/h7H,2-6,8,13H2,1H3. The number of carbonyl (C=O) groups excluding carboxylic acids is 1. The molecule has 0 saturated heterocycles. The van der Waals surface area contributed by atoms with Crippen molar-refractivity contribution in [2.75, 3.05) is 13.2 Å². The Bertz CT molecular complexity index is 410. The van der Waals surface area contributed by atoms with Gasteiger partial charge in [0.15, 0.2) is 5.69 Å². The molecule has 0 amide bonds. The molecular formula is C12H18N2O4. The molecule has 2 N–H and O–H groups in total. The van der Waals surface area contributed by atoms with E-state index in [9.17, 15) is 4.79 Å². The third-order valence-corrected chi connectivity index (χ3v) is 3.05. The van der Waals surface area contributed by atoms with Crippen LogP contribution in [-0.2, 0) is 4.74 Å². The van der Waals surface area contributed by atoms with Gasteiger partial charge in [-0.1, -0.05) is 12.8 Å². The molecule has 0 aromatic carbocycles. The Morgan fingerprint density at radius 1 is 1.56 bits per heavy atom. The van der Waals surface area contributed by atoms with Crippen LogP contribution in [0, 0.1) is 0 Å². The van der Waals surface area contributed by atoms with Crippen molar-refractivity contribution in [1.29, 1.82) is 0 Å². The first kappa shape index (κ1) is 12.9. The SMILES string of the molecule is CCOC(=O)c1coc(OCC2(N)CCCC2)n1. The summed E-state index contributed by atoms with van der Waals surface area (Å²) < 4.78 is 15.2. The lowest BCUT2D eigenvalue weighted by molar-refractivity contribution is 0.0519. The molecule has 1 aromatic rings. The largest absolute Gasteiger partial charge is 0.461 e. The maximum atomic E-state index is 11.4. The fraction of sp³-hybridized carbons (Fsp3) is 0.667. The van der Waals surface area contributed by atoms with Crippen LogP contribution in [-0.4, -0.2) is 29.7 Å². The lowest BCUT2D eigenvalue weighted by Gasteiger charge is -2.21. The summed E-state index contributed by atoms with van der Waals surface area (Å²) in [6.45, 7) is 2.39. The average molecular weight is 254 g/mol. The molecule has 1 saturated carbocycles. The van der Waals surface area contributed by atoms with E-state index in [2.05, 4.69) is 4.98 Å². The minimum absolute atomic E-state index is 0.0646. The predicted octanol–water partition coefficient (Wildman–Crippen LogP) is 1.50. The van der Waals surface area contributed by atoms with E-state index in [1.807, 2.05) is 0 Å². The van der Waals surface area contributed by atoms with E-state index >= 15 is 0 Å². The molecule has 2 rings (SSSR count). The van der Waals surface area contributed by atoms with E-state index in [-0.39, 0.29) is 17.3 Å². The Kier molecular flexibility index (Phi) is 3.86. The van der Waals surface area contributed by atoms with E-state index in [0.717, 1.165) is 25.7 Å². The number of aromatic nitrogens is 1. The van der Waals surface area contributed by atoms with Crippen LogP contribution < -0.4 is 10.5 Å². The summed E-state index contributed by atoms with van der Waals surface area (Å²) in [4.78, 5) is 15.3. The van der Waals surface area contributed by atoms with Crippen LogP contribution in [0.15, 0.2) is 10.7 Å². The zero-order chi connectivity index (χ0) is 13.0. The highest BCUT2D eigenvalue weighted by atomic mass is 16.6. The van der Waals surface area contributed by atoms with Crippen LogP contribution in [0.1, 0.15) is 43.1 Å². The Morgan fingerprint density at radius 3 is 2.94 bits per heavy atom. The first-order chi connectivity index (χ1) is 8.63. The summed E-state index contributed by atoms with van der Waals surface area (Å²) in [6.07, 6.45) is 5.43. The second-order valence-corrected chi connectivity index (χ2v) is 4.58. The number of esters is 1. The van der Waals surface area contributed by atoms with Crippen LogP contribution in [0.25, 0.3) is 0 Å². The highest BCUT2D eigenvalue weighted by Gasteiger charge is 2.30. The molecule has 1 fully saturated rings. The van der Waals surface area contributed by atoms with Gasteiger partial charge in [-0.15, -0.1) is 0 Å². The zero-order valence-electron chi connectivity index (χ0n) is 10.5. The van der Waals surface area contributed by atoms with Crippen LogP contribution in [0.3, 0.4) is 0 Å². The van der Waals surface area contributed by atoms with Crippen molar-refractivity contribution in [3.05, 3.63) is 12.0 Å². The van der Waals surface area contributed by atoms with Crippen LogP contribution >= 0.6 is 0 Å². The van der Waals surface area contributed by atoms with E-state index in [1.165, 1.54) is 6.26 Å². The van der Waals surface area contributed by atoms with Gasteiger partial charge in [0.25, 0.3) is 0 Å². The quantitative estimate of drug-likeness (QED) is 0.801. The summed E-state index contributed by atoms with van der Waals surface area (Å²) in [6, 6.07) is 0. The maximum Gasteiger partial charge on any atom is 0.394 e. The van der Waals surface area contributed by atoms with Crippen LogP contribution in [0.5, 0.6) is 6.08 Å². The summed E-state index contributed by atoms with van der Waals surface area (Å²) >= 11 is 0. The fourth-order valence-electron chi connectivity index (χ4n) is 2.05. The van der Waals surface area contributed by atoms with Gasteiger partial charge in [0.2, 0.25) is 0 Å². The van der Waals surface area contributed by atoms with Gasteiger partial charge >= 0.3 is 12.0 Å². The van der Waals surface area contributed by atoms with Gasteiger partial charge in [-0.25, -0.2) is 4.79 Å². The van der Waals surface area contributed by atoms with Crippen molar-refractivity contribution >= 4 is 5.97 Å². The molecular weight excluding hydrogens is 236 g/mol. The Morgan fingerprint density at radius 2 is 2.28 bits per heavy atom. The highest BCUT2D eigenvalue weighted by Crippen LogP contribution is 2.27. The molecule has 6 heteroatoms. The molecule has 0 spiro atoms. The van der Waals surface area contributed by atoms with E-state index < -0.39 is 5.97 Å². The molecule has 1 aliphatic carbocycles. The number of oxazole rings is 1. The summed E-state index contributed by atoms with van der Waals surface area (Å²) in [7, 11) is 0. The van der Waals surface area contributed by atoms with Crippen LogP contribution in [0.2, 0.25) is 0 Å². The Balaban J connectivity index is 1.88. The lowest BCUT2D eigenvalue weighted by Crippen LogP contribution is -2.42. The maximum absolute atomic E-state index is 11.4. The third kappa shape index (κ3) is 3.01. The van der Waals surface area contributed by atoms with Gasteiger partial charge in [0.1, 0.15) is 12.9 Å². The molecule has 0 aliphatic heterocycles.